The zero-order valence-electron chi connectivity index (χ0n) is 20.7. The zero-order valence-corrected chi connectivity index (χ0v) is 23.7. The molecule has 0 aliphatic heterocycles. The van der Waals surface area contributed by atoms with Crippen molar-refractivity contribution < 1.29 is 35.6 Å². The van der Waals surface area contributed by atoms with Crippen LogP contribution in [0.1, 0.15) is 65.5 Å². The average Bonchev–Trinajstić information content (AvgIpc) is 2.83. The standard InChI is InChI=1S/C28H34FIO3S/c1-7-27(3,4)21-9-15-24(16-10-21)30(25-17-11-22(12-18-25)28(5,6)8-2)33-34(31,32)26-19-13-23(29)14-20-26/h9-20H,7-8H2,1-6H3/q+1. The minimum absolute atomic E-state index is 0.0337. The predicted molar refractivity (Wildman–Crippen MR) is 132 cm³/mol. The van der Waals surface area contributed by atoms with Gasteiger partial charge in [-0.05, 0) is 85.8 Å². The lowest BCUT2D eigenvalue weighted by Gasteiger charge is -2.23. The maximum atomic E-state index is 13.4. The topological polar surface area (TPSA) is 43.4 Å². The van der Waals surface area contributed by atoms with Crippen molar-refractivity contribution in [2.45, 2.75) is 70.1 Å². The van der Waals surface area contributed by atoms with Crippen LogP contribution in [0.5, 0.6) is 0 Å². The van der Waals surface area contributed by atoms with Gasteiger partial charge in [0.25, 0.3) is 0 Å². The minimum Gasteiger partial charge on any atom is -0.207 e. The molecule has 6 heteroatoms. The zero-order chi connectivity index (χ0) is 25.1. The van der Waals surface area contributed by atoms with E-state index < -0.39 is 36.2 Å². The Balaban J connectivity index is 2.04. The van der Waals surface area contributed by atoms with Gasteiger partial charge in [-0.15, -0.1) is 0 Å². The minimum atomic E-state index is -4.06. The van der Waals surface area contributed by atoms with Crippen LogP contribution in [0.2, 0.25) is 0 Å². The normalized spacial score (nSPS) is 12.8. The van der Waals surface area contributed by atoms with E-state index in [0.717, 1.165) is 32.1 Å². The highest BCUT2D eigenvalue weighted by molar-refractivity contribution is 7.86. The van der Waals surface area contributed by atoms with E-state index in [9.17, 15) is 12.8 Å². The summed E-state index contributed by atoms with van der Waals surface area (Å²) in [6.45, 7) is 13.1. The number of hydrogen-bond donors (Lipinski definition) is 0. The number of rotatable bonds is 9. The number of benzene rings is 3. The summed E-state index contributed by atoms with van der Waals surface area (Å²) in [5, 5.41) is 0. The molecule has 0 saturated carbocycles. The summed E-state index contributed by atoms with van der Waals surface area (Å²) in [4.78, 5) is -0.0383. The molecule has 0 N–H and O–H groups in total. The van der Waals surface area contributed by atoms with Crippen molar-refractivity contribution in [1.29, 1.82) is 0 Å². The first kappa shape index (κ1) is 26.8. The molecule has 0 aliphatic rings. The summed E-state index contributed by atoms with van der Waals surface area (Å²) in [5.41, 5.74) is 2.48. The van der Waals surface area contributed by atoms with Gasteiger partial charge in [0.15, 0.2) is 7.14 Å². The first-order valence-corrected chi connectivity index (χ1v) is 16.0. The first-order chi connectivity index (χ1) is 15.9. The van der Waals surface area contributed by atoms with Crippen molar-refractivity contribution in [3.63, 3.8) is 0 Å². The first-order valence-electron chi connectivity index (χ1n) is 11.5. The highest BCUT2D eigenvalue weighted by Crippen LogP contribution is 2.27. The van der Waals surface area contributed by atoms with Gasteiger partial charge in [0.1, 0.15) is 5.82 Å². The highest BCUT2D eigenvalue weighted by Gasteiger charge is 2.38. The van der Waals surface area contributed by atoms with Crippen molar-refractivity contribution in [2.24, 2.45) is 0 Å². The van der Waals surface area contributed by atoms with Gasteiger partial charge in [-0.25, -0.2) is 4.39 Å². The molecule has 0 fully saturated rings. The average molecular weight is 597 g/mol. The molecule has 3 aromatic rings. The van der Waals surface area contributed by atoms with E-state index >= 15 is 0 Å². The Morgan fingerprint density at radius 1 is 0.706 bits per heavy atom. The van der Waals surface area contributed by atoms with Crippen LogP contribution in [0.15, 0.2) is 77.7 Å². The monoisotopic (exact) mass is 596 g/mol. The van der Waals surface area contributed by atoms with Gasteiger partial charge in [-0.3, -0.25) is 0 Å². The van der Waals surface area contributed by atoms with Crippen molar-refractivity contribution in [2.75, 3.05) is 0 Å². The van der Waals surface area contributed by atoms with Gasteiger partial charge in [0, 0.05) is 0 Å². The lowest BCUT2D eigenvalue weighted by atomic mass is 9.82. The summed E-state index contributed by atoms with van der Waals surface area (Å²) in [6, 6.07) is 21.1. The molecule has 0 unspecified atom stereocenters. The van der Waals surface area contributed by atoms with Gasteiger partial charge in [-0.2, -0.15) is 8.42 Å². The lowest BCUT2D eigenvalue weighted by molar-refractivity contribution is -1.03. The lowest BCUT2D eigenvalue weighted by Crippen LogP contribution is -3.85. The molecule has 3 rings (SSSR count). The molecular weight excluding hydrogens is 562 g/mol. The van der Waals surface area contributed by atoms with Crippen LogP contribution in [0.3, 0.4) is 0 Å². The molecule has 0 saturated heterocycles. The quantitative estimate of drug-likeness (QED) is 0.349. The Kier molecular flexibility index (Phi) is 8.26. The maximum absolute atomic E-state index is 13.4. The molecule has 34 heavy (non-hydrogen) atoms. The fraction of sp³-hybridized carbons (Fsp3) is 0.357. The molecule has 0 aromatic heterocycles. The second kappa shape index (κ2) is 10.5. The van der Waals surface area contributed by atoms with E-state index in [1.54, 1.807) is 0 Å². The predicted octanol–water partition coefficient (Wildman–Crippen LogP) is 4.19. The van der Waals surface area contributed by atoms with Gasteiger partial charge in [0.2, 0.25) is 0 Å². The molecule has 0 atom stereocenters. The van der Waals surface area contributed by atoms with E-state index in [1.165, 1.54) is 23.3 Å². The van der Waals surface area contributed by atoms with Crippen molar-refractivity contribution >= 4 is 10.1 Å². The summed E-state index contributed by atoms with van der Waals surface area (Å²) < 4.78 is 47.4. The molecule has 0 bridgehead atoms. The van der Waals surface area contributed by atoms with Crippen molar-refractivity contribution in [1.82, 2.24) is 0 Å². The van der Waals surface area contributed by atoms with Crippen LogP contribution < -0.4 is 20.2 Å². The Morgan fingerprint density at radius 3 is 1.44 bits per heavy atom. The Labute approximate surface area is 211 Å². The van der Waals surface area contributed by atoms with Gasteiger partial charge < -0.3 is 0 Å². The molecular formula is C28H34FIO3S+. The summed E-state index contributed by atoms with van der Waals surface area (Å²) >= 11 is -2.83. The van der Waals surface area contributed by atoms with Gasteiger partial charge in [0.05, 0.1) is 4.90 Å². The van der Waals surface area contributed by atoms with E-state index in [1.807, 2.05) is 24.3 Å². The van der Waals surface area contributed by atoms with Crippen LogP contribution >= 0.6 is 0 Å². The Morgan fingerprint density at radius 2 is 1.09 bits per heavy atom. The summed E-state index contributed by atoms with van der Waals surface area (Å²) in [5.74, 6) is -0.488. The van der Waals surface area contributed by atoms with Crippen molar-refractivity contribution in [3.8, 4) is 0 Å². The third kappa shape index (κ3) is 6.07. The molecule has 1 radical (unpaired) electrons. The van der Waals surface area contributed by atoms with E-state index in [0.29, 0.717) is 0 Å². The third-order valence-corrected chi connectivity index (χ3v) is 14.0. The largest absolute Gasteiger partial charge is 0.336 e. The molecule has 0 amide bonds. The van der Waals surface area contributed by atoms with E-state index in [-0.39, 0.29) is 15.7 Å². The van der Waals surface area contributed by atoms with Crippen LogP contribution in [0, 0.1) is 13.0 Å². The molecule has 183 valence electrons. The number of hydrogen-bond acceptors (Lipinski definition) is 3. The summed E-state index contributed by atoms with van der Waals surface area (Å²) in [7, 11) is -4.06. The molecule has 0 heterocycles. The maximum Gasteiger partial charge on any atom is 0.336 e. The smallest absolute Gasteiger partial charge is 0.207 e. The second-order valence-corrected chi connectivity index (χ2v) is 16.2. The van der Waals surface area contributed by atoms with E-state index in [2.05, 4.69) is 65.8 Å². The fourth-order valence-corrected chi connectivity index (χ4v) is 10.2. The fourth-order valence-electron chi connectivity index (χ4n) is 3.36. The SMILES string of the molecule is CCC(C)(C)c1ccc([I+](OS(=O)(=O)c2ccc(F)cc2)c2ccc(C(C)(C)CC)cc2)cc1. The van der Waals surface area contributed by atoms with E-state index in [4.69, 9.17) is 2.51 Å². The van der Waals surface area contributed by atoms with Crippen molar-refractivity contribution in [3.05, 3.63) is 96.9 Å². The number of halogens is 2. The Hall–Kier alpha value is -1.77. The highest BCUT2D eigenvalue weighted by atomic mass is 127. The second-order valence-electron chi connectivity index (χ2n) is 9.71. The molecule has 3 nitrogen and oxygen atoms in total. The molecule has 3 aromatic carbocycles. The summed E-state index contributed by atoms with van der Waals surface area (Å²) in [6.07, 6.45) is 2.00. The molecule has 0 spiro atoms. The van der Waals surface area contributed by atoms with Crippen LogP contribution in [0.25, 0.3) is 0 Å². The van der Waals surface area contributed by atoms with Crippen LogP contribution in [-0.2, 0) is 23.5 Å². The van der Waals surface area contributed by atoms with Gasteiger partial charge in [-0.1, -0.05) is 65.8 Å². The van der Waals surface area contributed by atoms with Crippen LogP contribution in [0.4, 0.5) is 4.39 Å². The van der Waals surface area contributed by atoms with Crippen LogP contribution in [-0.4, -0.2) is 8.42 Å². The molecule has 0 aliphatic carbocycles. The third-order valence-electron chi connectivity index (χ3n) is 6.66. The van der Waals surface area contributed by atoms with Gasteiger partial charge >= 0.3 is 30.4 Å². The Bertz CT molecular complexity index is 1140.